The van der Waals surface area contributed by atoms with Crippen molar-refractivity contribution in [1.29, 1.82) is 0 Å². The van der Waals surface area contributed by atoms with Crippen molar-refractivity contribution < 1.29 is 0 Å². The summed E-state index contributed by atoms with van der Waals surface area (Å²) in [7, 11) is 1.81. The molecule has 0 spiro atoms. The molecule has 3 aromatic rings. The zero-order valence-corrected chi connectivity index (χ0v) is 19.9. The Morgan fingerprint density at radius 2 is 1.58 bits per heavy atom. The van der Waals surface area contributed by atoms with Crippen LogP contribution in [0.4, 0.5) is 0 Å². The van der Waals surface area contributed by atoms with Gasteiger partial charge in [0.25, 0.3) is 0 Å². The third-order valence-corrected chi connectivity index (χ3v) is 6.29. The van der Waals surface area contributed by atoms with Crippen LogP contribution in [-0.4, -0.2) is 40.5 Å². The van der Waals surface area contributed by atoms with E-state index in [1.807, 2.05) is 26.4 Å². The molecule has 6 heteroatoms. The summed E-state index contributed by atoms with van der Waals surface area (Å²) >= 11 is 0. The van der Waals surface area contributed by atoms with Gasteiger partial charge in [0.2, 0.25) is 0 Å². The first-order valence-electron chi connectivity index (χ1n) is 12.0. The fraction of sp³-hybridized carbons (Fsp3) is 0.407. The fourth-order valence-electron chi connectivity index (χ4n) is 4.34. The van der Waals surface area contributed by atoms with Gasteiger partial charge >= 0.3 is 0 Å². The molecule has 4 rings (SSSR count). The van der Waals surface area contributed by atoms with Crippen molar-refractivity contribution in [3.8, 4) is 0 Å². The van der Waals surface area contributed by atoms with Crippen LogP contribution in [0.2, 0.25) is 0 Å². The Bertz CT molecular complexity index is 1030. The van der Waals surface area contributed by atoms with E-state index in [9.17, 15) is 0 Å². The molecule has 0 saturated carbocycles. The first-order chi connectivity index (χ1) is 16.2. The third-order valence-electron chi connectivity index (χ3n) is 6.29. The zero-order chi connectivity index (χ0) is 22.9. The van der Waals surface area contributed by atoms with Gasteiger partial charge in [0.05, 0.1) is 0 Å². The van der Waals surface area contributed by atoms with Gasteiger partial charge in [0, 0.05) is 45.6 Å². The number of nitrogens with zero attached hydrogens (tertiary/aromatic N) is 4. The second kappa shape index (κ2) is 11.7. The number of imidazole rings is 1. The Kier molecular flexibility index (Phi) is 8.14. The zero-order valence-electron chi connectivity index (χ0n) is 19.9. The van der Waals surface area contributed by atoms with Crippen molar-refractivity contribution in [3.05, 3.63) is 89.0 Å². The molecule has 2 aromatic carbocycles. The summed E-state index contributed by atoms with van der Waals surface area (Å²) in [5, 5.41) is 6.86. The summed E-state index contributed by atoms with van der Waals surface area (Å²) in [6, 6.07) is 17.6. The number of benzene rings is 2. The van der Waals surface area contributed by atoms with Crippen molar-refractivity contribution in [2.45, 2.75) is 52.4 Å². The lowest BCUT2D eigenvalue weighted by atomic mass is 10.1. The maximum absolute atomic E-state index is 4.38. The molecule has 0 radical (unpaired) electrons. The van der Waals surface area contributed by atoms with Gasteiger partial charge in [0.1, 0.15) is 5.82 Å². The number of piperidine rings is 1. The highest BCUT2D eigenvalue weighted by atomic mass is 15.2. The monoisotopic (exact) mass is 444 g/mol. The van der Waals surface area contributed by atoms with Crippen LogP contribution < -0.4 is 10.6 Å². The summed E-state index contributed by atoms with van der Waals surface area (Å²) < 4.78 is 2.16. The van der Waals surface area contributed by atoms with E-state index < -0.39 is 0 Å². The number of hydrogen-bond acceptors (Lipinski definition) is 3. The van der Waals surface area contributed by atoms with Crippen molar-refractivity contribution in [2.75, 3.05) is 20.1 Å². The lowest BCUT2D eigenvalue weighted by molar-refractivity contribution is 0.221. The van der Waals surface area contributed by atoms with Crippen LogP contribution in [0.1, 0.15) is 47.3 Å². The number of hydrogen-bond donors (Lipinski definition) is 2. The van der Waals surface area contributed by atoms with Crippen LogP contribution in [0.5, 0.6) is 0 Å². The van der Waals surface area contributed by atoms with Gasteiger partial charge in [-0.25, -0.2) is 4.98 Å². The molecule has 33 heavy (non-hydrogen) atoms. The van der Waals surface area contributed by atoms with Gasteiger partial charge in [-0.2, -0.15) is 0 Å². The predicted molar refractivity (Wildman–Crippen MR) is 135 cm³/mol. The van der Waals surface area contributed by atoms with Crippen LogP contribution in [-0.2, 0) is 26.2 Å². The first-order valence-corrected chi connectivity index (χ1v) is 12.0. The van der Waals surface area contributed by atoms with E-state index in [0.717, 1.165) is 38.0 Å². The average Bonchev–Trinajstić information content (AvgIpc) is 3.25. The lowest BCUT2D eigenvalue weighted by Crippen LogP contribution is -2.36. The summed E-state index contributed by atoms with van der Waals surface area (Å²) in [6.07, 6.45) is 7.92. The maximum atomic E-state index is 4.38. The van der Waals surface area contributed by atoms with Gasteiger partial charge in [-0.1, -0.05) is 55.0 Å². The minimum absolute atomic E-state index is 0.727. The third kappa shape index (κ3) is 6.93. The molecule has 2 N–H and O–H groups in total. The molecule has 1 aromatic heterocycles. The minimum atomic E-state index is 0.727. The Hall–Kier alpha value is -3.12. The molecule has 174 valence electrons. The van der Waals surface area contributed by atoms with Gasteiger partial charge in [-0.15, -0.1) is 0 Å². The predicted octanol–water partition coefficient (Wildman–Crippen LogP) is 4.09. The van der Waals surface area contributed by atoms with Crippen LogP contribution >= 0.6 is 0 Å². The van der Waals surface area contributed by atoms with E-state index >= 15 is 0 Å². The second-order valence-corrected chi connectivity index (χ2v) is 8.85. The summed E-state index contributed by atoms with van der Waals surface area (Å²) in [6.45, 7) is 7.88. The first kappa shape index (κ1) is 23.1. The van der Waals surface area contributed by atoms with Crippen molar-refractivity contribution in [1.82, 2.24) is 25.1 Å². The largest absolute Gasteiger partial charge is 0.352 e. The van der Waals surface area contributed by atoms with Gasteiger partial charge < -0.3 is 15.2 Å². The number of rotatable bonds is 8. The molecule has 1 aliphatic rings. The standard InChI is InChI=1S/C27H36N6/c1-22-29-13-16-33(22)21-26-8-6-7-25(17-26)19-31-27(28-2)30-18-23-9-11-24(12-10-23)20-32-14-4-3-5-15-32/h6-13,16-17H,3-5,14-15,18-21H2,1-2H3,(H2,28,30,31). The Morgan fingerprint density at radius 3 is 2.27 bits per heavy atom. The number of guanidine groups is 1. The molecular formula is C27H36N6. The molecule has 0 unspecified atom stereocenters. The number of likely N-dealkylation sites (tertiary alicyclic amines) is 1. The SMILES string of the molecule is CN=C(NCc1ccc(CN2CCCCC2)cc1)NCc1cccc(Cn2ccnc2C)c1. The van der Waals surface area contributed by atoms with Crippen LogP contribution in [0.25, 0.3) is 0 Å². The Balaban J connectivity index is 1.24. The molecule has 0 atom stereocenters. The van der Waals surface area contributed by atoms with E-state index in [2.05, 4.69) is 78.6 Å². The highest BCUT2D eigenvalue weighted by molar-refractivity contribution is 5.79. The molecule has 6 nitrogen and oxygen atoms in total. The Labute approximate surface area is 197 Å². The molecule has 1 fully saturated rings. The highest BCUT2D eigenvalue weighted by Crippen LogP contribution is 2.14. The van der Waals surface area contributed by atoms with E-state index in [-0.39, 0.29) is 0 Å². The molecule has 2 heterocycles. The summed E-state index contributed by atoms with van der Waals surface area (Å²) in [4.78, 5) is 11.3. The summed E-state index contributed by atoms with van der Waals surface area (Å²) in [5.74, 6) is 1.84. The molecule has 0 aliphatic carbocycles. The van der Waals surface area contributed by atoms with Crippen molar-refractivity contribution in [2.24, 2.45) is 4.99 Å². The van der Waals surface area contributed by atoms with E-state index in [1.54, 1.807) is 0 Å². The molecule has 0 bridgehead atoms. The quantitative estimate of drug-likeness (QED) is 0.406. The van der Waals surface area contributed by atoms with Crippen LogP contribution in [0.3, 0.4) is 0 Å². The van der Waals surface area contributed by atoms with Gasteiger partial charge in [0.15, 0.2) is 5.96 Å². The normalized spacial score (nSPS) is 14.9. The van der Waals surface area contributed by atoms with Crippen molar-refractivity contribution >= 4 is 5.96 Å². The number of aromatic nitrogens is 2. The van der Waals surface area contributed by atoms with Crippen LogP contribution in [0, 0.1) is 6.92 Å². The van der Waals surface area contributed by atoms with E-state index in [4.69, 9.17) is 0 Å². The molecule has 1 aliphatic heterocycles. The number of aliphatic imine (C=N–C) groups is 1. The topological polar surface area (TPSA) is 57.5 Å². The van der Waals surface area contributed by atoms with Gasteiger partial charge in [-0.05, 0) is 55.1 Å². The average molecular weight is 445 g/mol. The lowest BCUT2D eigenvalue weighted by Gasteiger charge is -2.26. The number of aryl methyl sites for hydroxylation is 1. The minimum Gasteiger partial charge on any atom is -0.352 e. The summed E-state index contributed by atoms with van der Waals surface area (Å²) in [5.41, 5.74) is 5.16. The Morgan fingerprint density at radius 1 is 0.879 bits per heavy atom. The highest BCUT2D eigenvalue weighted by Gasteiger charge is 2.10. The van der Waals surface area contributed by atoms with E-state index in [0.29, 0.717) is 0 Å². The number of nitrogens with one attached hydrogen (secondary N) is 2. The molecule has 1 saturated heterocycles. The second-order valence-electron chi connectivity index (χ2n) is 8.85. The smallest absolute Gasteiger partial charge is 0.191 e. The van der Waals surface area contributed by atoms with Crippen LogP contribution in [0.15, 0.2) is 65.9 Å². The van der Waals surface area contributed by atoms with E-state index in [1.165, 1.54) is 54.6 Å². The fourth-order valence-corrected chi connectivity index (χ4v) is 4.34. The molecule has 0 amide bonds. The van der Waals surface area contributed by atoms with Crippen molar-refractivity contribution in [3.63, 3.8) is 0 Å². The maximum Gasteiger partial charge on any atom is 0.191 e. The molecular weight excluding hydrogens is 408 g/mol. The van der Waals surface area contributed by atoms with Gasteiger partial charge in [-0.3, -0.25) is 9.89 Å².